The number of Topliss-reactive ketones (excluding diaryl/α,β-unsaturated/α-hetero) is 2. The summed E-state index contributed by atoms with van der Waals surface area (Å²) in [5.41, 5.74) is 0.140. The predicted molar refractivity (Wildman–Crippen MR) is 141 cm³/mol. The molecule has 0 spiro atoms. The van der Waals surface area contributed by atoms with E-state index in [0.29, 0.717) is 6.61 Å². The fraction of sp³-hybridized carbons (Fsp3) is 0.267. The molecule has 0 fully saturated rings. The summed E-state index contributed by atoms with van der Waals surface area (Å²) in [5, 5.41) is 15.8. The number of phenols is 1. The number of ether oxygens (including phenoxy) is 3. The van der Waals surface area contributed by atoms with E-state index in [0.717, 1.165) is 34.9 Å². The first kappa shape index (κ1) is 26.1. The van der Waals surface area contributed by atoms with Crippen LogP contribution in [0.5, 0.6) is 17.2 Å². The third kappa shape index (κ3) is 4.06. The molecule has 1 aliphatic heterocycles. The lowest BCUT2D eigenvalue weighted by Crippen LogP contribution is -2.47. The molecule has 1 heterocycles. The molecule has 0 radical (unpaired) electrons. The lowest BCUT2D eigenvalue weighted by molar-refractivity contribution is -0.140. The van der Waals surface area contributed by atoms with Crippen LogP contribution in [0.15, 0.2) is 54.3 Å². The average Bonchev–Trinajstić information content (AvgIpc) is 3.20. The molecular formula is C30H27NO8. The second-order valence-corrected chi connectivity index (χ2v) is 9.81. The van der Waals surface area contributed by atoms with Gasteiger partial charge >= 0.3 is 0 Å². The number of fused-ring (bicyclic) bond motifs is 4. The number of aromatic hydroxyl groups is 1. The van der Waals surface area contributed by atoms with E-state index in [1.165, 1.54) is 20.1 Å². The highest BCUT2D eigenvalue weighted by atomic mass is 16.5. The second-order valence-electron chi connectivity index (χ2n) is 9.81. The quantitative estimate of drug-likeness (QED) is 0.445. The van der Waals surface area contributed by atoms with E-state index in [2.05, 4.69) is 5.32 Å². The van der Waals surface area contributed by atoms with Crippen molar-refractivity contribution in [1.29, 1.82) is 0 Å². The van der Waals surface area contributed by atoms with Gasteiger partial charge in [-0.15, -0.1) is 0 Å². The zero-order valence-electron chi connectivity index (χ0n) is 21.9. The smallest absolute Gasteiger partial charge is 0.259 e. The van der Waals surface area contributed by atoms with E-state index < -0.39 is 34.6 Å². The van der Waals surface area contributed by atoms with Crippen molar-refractivity contribution in [2.45, 2.75) is 32.4 Å². The van der Waals surface area contributed by atoms with Gasteiger partial charge in [0, 0.05) is 25.8 Å². The van der Waals surface area contributed by atoms with Gasteiger partial charge in [0.05, 0.1) is 19.3 Å². The van der Waals surface area contributed by atoms with Gasteiger partial charge in [-0.25, -0.2) is 0 Å². The van der Waals surface area contributed by atoms with Gasteiger partial charge in [0.25, 0.3) is 5.91 Å². The molecule has 2 atom stereocenters. The van der Waals surface area contributed by atoms with Gasteiger partial charge in [0.1, 0.15) is 39.9 Å². The summed E-state index contributed by atoms with van der Waals surface area (Å²) in [5.74, 6) is -4.60. The molecule has 3 aromatic carbocycles. The highest BCUT2D eigenvalue weighted by molar-refractivity contribution is 6.27. The maximum atomic E-state index is 13.6. The molecule has 39 heavy (non-hydrogen) atoms. The van der Waals surface area contributed by atoms with Crippen LogP contribution in [0.1, 0.15) is 40.9 Å². The number of nitrogens with one attached hydrogen (secondary N) is 1. The van der Waals surface area contributed by atoms with Gasteiger partial charge in [0.15, 0.2) is 17.3 Å². The molecule has 1 amide bonds. The molecule has 0 bridgehead atoms. The Morgan fingerprint density at radius 2 is 1.87 bits per heavy atom. The number of carbonyl (C=O) groups excluding carboxylic acids is 4. The van der Waals surface area contributed by atoms with Crippen LogP contribution in [-0.2, 0) is 37.7 Å². The van der Waals surface area contributed by atoms with Crippen molar-refractivity contribution in [3.63, 3.8) is 0 Å². The standard InChI is InChI=1S/C30H27NO8/c1-15(32)24-20(33)12-23-30(2,28(24)35)26-21(34)11-22(38-4)25(27(26)39-23)29(36)31-13-18-10-16(14-37-3)9-17-7-5-6-8-19(17)18/h5-12,24,34H,13-14H2,1-4H3,(H,31,36)/t24?,30-/m1/s1. The fourth-order valence-electron chi connectivity index (χ4n) is 5.47. The first-order valence-electron chi connectivity index (χ1n) is 12.3. The first-order valence-corrected chi connectivity index (χ1v) is 12.3. The molecule has 9 heteroatoms. The first-order chi connectivity index (χ1) is 18.6. The summed E-state index contributed by atoms with van der Waals surface area (Å²) < 4.78 is 16.6. The topological polar surface area (TPSA) is 128 Å². The monoisotopic (exact) mass is 529 g/mol. The van der Waals surface area contributed by atoms with Crippen LogP contribution < -0.4 is 14.8 Å². The zero-order chi connectivity index (χ0) is 28.1. The average molecular weight is 530 g/mol. The van der Waals surface area contributed by atoms with Crippen LogP contribution in [0.4, 0.5) is 0 Å². The van der Waals surface area contributed by atoms with Gasteiger partial charge in [-0.1, -0.05) is 30.3 Å². The summed E-state index contributed by atoms with van der Waals surface area (Å²) in [6.45, 7) is 3.19. The number of amides is 1. The number of hydrogen-bond acceptors (Lipinski definition) is 8. The molecule has 0 aromatic heterocycles. The normalized spacial score (nSPS) is 19.7. The van der Waals surface area contributed by atoms with E-state index in [4.69, 9.17) is 14.2 Å². The number of rotatable bonds is 7. The Morgan fingerprint density at radius 1 is 1.13 bits per heavy atom. The van der Waals surface area contributed by atoms with E-state index in [-0.39, 0.29) is 40.7 Å². The highest BCUT2D eigenvalue weighted by Gasteiger charge is 2.58. The molecule has 5 rings (SSSR count). The highest BCUT2D eigenvalue weighted by Crippen LogP contribution is 2.56. The number of methoxy groups -OCH3 is 2. The van der Waals surface area contributed by atoms with Crippen LogP contribution in [0.2, 0.25) is 0 Å². The van der Waals surface area contributed by atoms with Crippen molar-refractivity contribution in [2.75, 3.05) is 14.2 Å². The maximum absolute atomic E-state index is 13.6. The summed E-state index contributed by atoms with van der Waals surface area (Å²) in [6.07, 6.45) is 1.09. The molecule has 3 aromatic rings. The Kier molecular flexibility index (Phi) is 6.47. The number of carbonyl (C=O) groups is 4. The van der Waals surface area contributed by atoms with Crippen molar-refractivity contribution < 1.29 is 38.5 Å². The Labute approximate surface area is 224 Å². The molecule has 1 aliphatic carbocycles. The maximum Gasteiger partial charge on any atom is 0.259 e. The molecule has 0 saturated heterocycles. The molecule has 200 valence electrons. The summed E-state index contributed by atoms with van der Waals surface area (Å²) in [6, 6.07) is 13.0. The minimum Gasteiger partial charge on any atom is -0.507 e. The third-order valence-corrected chi connectivity index (χ3v) is 7.35. The van der Waals surface area contributed by atoms with Crippen LogP contribution in [0.25, 0.3) is 10.8 Å². The van der Waals surface area contributed by atoms with Crippen LogP contribution >= 0.6 is 0 Å². The number of phenolic OH excluding ortho intramolecular Hbond substituents is 1. The summed E-state index contributed by atoms with van der Waals surface area (Å²) in [7, 11) is 2.95. The Bertz CT molecular complexity index is 1600. The van der Waals surface area contributed by atoms with Crippen molar-refractivity contribution in [3.05, 3.63) is 76.6 Å². The largest absolute Gasteiger partial charge is 0.507 e. The van der Waals surface area contributed by atoms with Crippen molar-refractivity contribution in [1.82, 2.24) is 5.32 Å². The van der Waals surface area contributed by atoms with Gasteiger partial charge in [-0.05, 0) is 41.8 Å². The van der Waals surface area contributed by atoms with Crippen LogP contribution in [-0.4, -0.2) is 42.6 Å². The molecule has 2 aliphatic rings. The van der Waals surface area contributed by atoms with Crippen molar-refractivity contribution >= 4 is 34.0 Å². The lowest BCUT2D eigenvalue weighted by Gasteiger charge is -2.30. The number of allylic oxidation sites excluding steroid dienone is 2. The number of ketones is 3. The van der Waals surface area contributed by atoms with Crippen LogP contribution in [0.3, 0.4) is 0 Å². The van der Waals surface area contributed by atoms with E-state index in [1.54, 1.807) is 7.11 Å². The second kappa shape index (κ2) is 9.67. The van der Waals surface area contributed by atoms with Gasteiger partial charge in [0.2, 0.25) is 0 Å². The van der Waals surface area contributed by atoms with Crippen molar-refractivity contribution in [2.24, 2.45) is 5.92 Å². The third-order valence-electron chi connectivity index (χ3n) is 7.35. The van der Waals surface area contributed by atoms with Gasteiger partial charge < -0.3 is 24.6 Å². The SMILES string of the molecule is COCc1cc(CNC(=O)c2c(OC)cc(O)c3c2OC2=CC(=O)C(C(C)=O)C(=O)[C@]23C)c2ccccc2c1. The Balaban J connectivity index is 1.57. The van der Waals surface area contributed by atoms with Crippen molar-refractivity contribution in [3.8, 4) is 17.2 Å². The Morgan fingerprint density at radius 3 is 2.56 bits per heavy atom. The predicted octanol–water partition coefficient (Wildman–Crippen LogP) is 3.52. The zero-order valence-corrected chi connectivity index (χ0v) is 21.9. The number of benzene rings is 3. The number of hydrogen-bond donors (Lipinski definition) is 2. The fourth-order valence-corrected chi connectivity index (χ4v) is 5.47. The Hall–Kier alpha value is -4.50. The summed E-state index contributed by atoms with van der Waals surface area (Å²) >= 11 is 0. The van der Waals surface area contributed by atoms with Crippen LogP contribution in [0, 0.1) is 5.92 Å². The molecule has 2 N–H and O–H groups in total. The van der Waals surface area contributed by atoms with E-state index >= 15 is 0 Å². The minimum atomic E-state index is -1.63. The van der Waals surface area contributed by atoms with Gasteiger partial charge in [-0.2, -0.15) is 0 Å². The van der Waals surface area contributed by atoms with E-state index in [9.17, 15) is 24.3 Å². The van der Waals surface area contributed by atoms with Gasteiger partial charge in [-0.3, -0.25) is 19.2 Å². The molecular weight excluding hydrogens is 502 g/mol. The summed E-state index contributed by atoms with van der Waals surface area (Å²) in [4.78, 5) is 51.8. The molecule has 1 unspecified atom stereocenters. The van der Waals surface area contributed by atoms with E-state index in [1.807, 2.05) is 36.4 Å². The lowest BCUT2D eigenvalue weighted by atomic mass is 9.67. The molecule has 0 saturated carbocycles. The molecule has 9 nitrogen and oxygen atoms in total. The minimum absolute atomic E-state index is 0.0102.